The van der Waals surface area contributed by atoms with Crippen LogP contribution in [0.15, 0.2) is 42.2 Å². The van der Waals surface area contributed by atoms with Gasteiger partial charge in [-0.05, 0) is 41.7 Å². The van der Waals surface area contributed by atoms with E-state index in [0.29, 0.717) is 11.1 Å². The summed E-state index contributed by atoms with van der Waals surface area (Å²) in [7, 11) is 0. The van der Waals surface area contributed by atoms with Gasteiger partial charge in [0.05, 0.1) is 24.9 Å². The molecular formula is C24H30O8. The molecule has 1 aliphatic heterocycles. The number of hydrogen-bond donors (Lipinski definition) is 4. The third-order valence-corrected chi connectivity index (χ3v) is 6.01. The summed E-state index contributed by atoms with van der Waals surface area (Å²) in [6.07, 6.45) is 1.53. The Morgan fingerprint density at radius 2 is 1.97 bits per heavy atom. The second-order valence-electron chi connectivity index (χ2n) is 8.89. The van der Waals surface area contributed by atoms with Gasteiger partial charge >= 0.3 is 5.97 Å². The topological polar surface area (TPSA) is 134 Å². The van der Waals surface area contributed by atoms with E-state index in [-0.39, 0.29) is 31.1 Å². The van der Waals surface area contributed by atoms with Crippen LogP contribution >= 0.6 is 0 Å². The fraction of sp³-hybridized carbons (Fsp3) is 0.500. The molecule has 3 rings (SSSR count). The average molecular weight is 446 g/mol. The molecule has 1 aromatic rings. The van der Waals surface area contributed by atoms with E-state index in [1.807, 2.05) is 13.8 Å². The second kappa shape index (κ2) is 9.85. The van der Waals surface area contributed by atoms with Gasteiger partial charge in [-0.3, -0.25) is 9.59 Å². The molecule has 5 unspecified atom stereocenters. The molecule has 0 saturated heterocycles. The molecule has 1 aliphatic carbocycles. The second-order valence-corrected chi connectivity index (χ2v) is 8.89. The van der Waals surface area contributed by atoms with Crippen LogP contribution in [0, 0.1) is 17.8 Å². The number of aromatic hydroxyl groups is 1. The number of phenolic OH excluding ortho intramolecular Hbond substituents is 1. The summed E-state index contributed by atoms with van der Waals surface area (Å²) >= 11 is 0. The fourth-order valence-corrected chi connectivity index (χ4v) is 4.41. The molecule has 1 fully saturated rings. The van der Waals surface area contributed by atoms with Crippen molar-refractivity contribution >= 4 is 17.8 Å². The van der Waals surface area contributed by atoms with Crippen molar-refractivity contribution in [2.75, 3.05) is 6.61 Å². The van der Waals surface area contributed by atoms with Crippen molar-refractivity contribution in [2.24, 2.45) is 17.8 Å². The van der Waals surface area contributed by atoms with Crippen LogP contribution in [0.25, 0.3) is 6.08 Å². The number of carbonyl (C=O) groups excluding carboxylic acids is 2. The Kier molecular flexibility index (Phi) is 7.38. The van der Waals surface area contributed by atoms with E-state index in [9.17, 15) is 30.0 Å². The van der Waals surface area contributed by atoms with E-state index in [4.69, 9.17) is 9.47 Å². The van der Waals surface area contributed by atoms with Crippen molar-refractivity contribution in [3.8, 4) is 5.75 Å². The number of rotatable bonds is 8. The minimum atomic E-state index is -1.90. The van der Waals surface area contributed by atoms with Crippen molar-refractivity contribution in [2.45, 2.75) is 51.1 Å². The van der Waals surface area contributed by atoms with E-state index in [2.05, 4.69) is 0 Å². The average Bonchev–Trinajstić information content (AvgIpc) is 2.98. The van der Waals surface area contributed by atoms with Gasteiger partial charge in [0.2, 0.25) is 6.29 Å². The van der Waals surface area contributed by atoms with Crippen LogP contribution in [-0.2, 0) is 19.1 Å². The Labute approximate surface area is 186 Å². The first kappa shape index (κ1) is 24.0. The largest absolute Gasteiger partial charge is 0.508 e. The molecule has 0 bridgehead atoms. The lowest BCUT2D eigenvalue weighted by Gasteiger charge is -2.40. The number of aliphatic hydroxyl groups excluding tert-OH is 2. The molecule has 1 heterocycles. The highest BCUT2D eigenvalue weighted by Gasteiger charge is 2.61. The maximum Gasteiger partial charge on any atom is 0.309 e. The van der Waals surface area contributed by atoms with Crippen molar-refractivity contribution < 1.29 is 39.5 Å². The third kappa shape index (κ3) is 5.20. The van der Waals surface area contributed by atoms with Crippen LogP contribution in [0.5, 0.6) is 5.75 Å². The quantitative estimate of drug-likeness (QED) is 0.352. The molecule has 1 aromatic carbocycles. The van der Waals surface area contributed by atoms with Crippen molar-refractivity contribution in [1.82, 2.24) is 0 Å². The maximum atomic E-state index is 12.7. The van der Waals surface area contributed by atoms with Crippen molar-refractivity contribution in [1.29, 1.82) is 0 Å². The summed E-state index contributed by atoms with van der Waals surface area (Å²) < 4.78 is 11.0. The smallest absolute Gasteiger partial charge is 0.309 e. The molecule has 4 N–H and O–H groups in total. The third-order valence-electron chi connectivity index (χ3n) is 6.01. The maximum absolute atomic E-state index is 12.7. The number of fused-ring (bicyclic) bond motifs is 1. The lowest BCUT2D eigenvalue weighted by atomic mass is 9.77. The summed E-state index contributed by atoms with van der Waals surface area (Å²) in [6.45, 7) is 3.39. The Hall–Kier alpha value is -2.68. The lowest BCUT2D eigenvalue weighted by Crippen LogP contribution is -2.52. The van der Waals surface area contributed by atoms with Gasteiger partial charge in [0, 0.05) is 18.8 Å². The normalized spacial score (nSPS) is 29.5. The van der Waals surface area contributed by atoms with Crippen molar-refractivity contribution in [3.63, 3.8) is 0 Å². The van der Waals surface area contributed by atoms with Gasteiger partial charge in [0.15, 0.2) is 5.78 Å². The number of ether oxygens (including phenoxy) is 2. The Balaban J connectivity index is 1.80. The Morgan fingerprint density at radius 3 is 2.59 bits per heavy atom. The first-order valence-electron chi connectivity index (χ1n) is 10.7. The Morgan fingerprint density at radius 1 is 1.28 bits per heavy atom. The minimum Gasteiger partial charge on any atom is -0.508 e. The molecular weight excluding hydrogens is 416 g/mol. The molecule has 32 heavy (non-hydrogen) atoms. The predicted octanol–water partition coefficient (Wildman–Crippen LogP) is 1.91. The standard InChI is InChI=1S/C24H30O8/c1-14(2)9-21(29)32-23-22-19(16(12-25)13-31-23)10-20(28)24(22,30)11-18(27)8-5-15-3-6-17(26)7-4-15/h3-8,13-14,19-20,22-23,25-26,28,30H,9-12H2,1-2H3. The SMILES string of the molecule is CC(C)CC(=O)OC1OC=C(CO)C2CC(O)C(O)(CC(=O)C=Cc3ccc(O)cc3)C12. The zero-order valence-corrected chi connectivity index (χ0v) is 18.2. The summed E-state index contributed by atoms with van der Waals surface area (Å²) in [4.78, 5) is 24.9. The van der Waals surface area contributed by atoms with Crippen LogP contribution in [0.2, 0.25) is 0 Å². The first-order valence-corrected chi connectivity index (χ1v) is 10.7. The molecule has 0 aromatic heterocycles. The van der Waals surface area contributed by atoms with Gasteiger partial charge < -0.3 is 29.9 Å². The van der Waals surface area contributed by atoms with Gasteiger partial charge in [-0.15, -0.1) is 0 Å². The van der Waals surface area contributed by atoms with Crippen LogP contribution in [-0.4, -0.2) is 56.8 Å². The van der Waals surface area contributed by atoms with E-state index >= 15 is 0 Å². The monoisotopic (exact) mass is 446 g/mol. The highest BCUT2D eigenvalue weighted by Crippen LogP contribution is 2.50. The molecule has 8 nitrogen and oxygen atoms in total. The fourth-order valence-electron chi connectivity index (χ4n) is 4.41. The highest BCUT2D eigenvalue weighted by atomic mass is 16.7. The minimum absolute atomic E-state index is 0.0603. The number of aliphatic hydroxyl groups is 3. The Bertz CT molecular complexity index is 888. The first-order chi connectivity index (χ1) is 15.1. The number of benzene rings is 1. The lowest BCUT2D eigenvalue weighted by molar-refractivity contribution is -0.212. The molecule has 2 aliphatic rings. The molecule has 174 valence electrons. The molecule has 0 spiro atoms. The van der Waals surface area contributed by atoms with Crippen LogP contribution in [0.1, 0.15) is 38.7 Å². The molecule has 8 heteroatoms. The number of esters is 1. The summed E-state index contributed by atoms with van der Waals surface area (Å²) in [5, 5.41) is 41.1. The van der Waals surface area contributed by atoms with E-state index < -0.39 is 48.0 Å². The zero-order valence-electron chi connectivity index (χ0n) is 18.2. The van der Waals surface area contributed by atoms with Gasteiger partial charge in [-0.1, -0.05) is 32.1 Å². The van der Waals surface area contributed by atoms with Crippen molar-refractivity contribution in [3.05, 3.63) is 47.7 Å². The van der Waals surface area contributed by atoms with Crippen LogP contribution in [0.4, 0.5) is 0 Å². The van der Waals surface area contributed by atoms with E-state index in [1.165, 1.54) is 24.5 Å². The predicted molar refractivity (Wildman–Crippen MR) is 115 cm³/mol. The van der Waals surface area contributed by atoms with Gasteiger partial charge in [-0.2, -0.15) is 0 Å². The molecule has 5 atom stereocenters. The number of allylic oxidation sites excluding steroid dienone is 1. The molecule has 0 radical (unpaired) electrons. The number of ketones is 1. The van der Waals surface area contributed by atoms with Gasteiger partial charge in [-0.25, -0.2) is 0 Å². The van der Waals surface area contributed by atoms with E-state index in [1.54, 1.807) is 18.2 Å². The van der Waals surface area contributed by atoms with E-state index in [0.717, 1.165) is 0 Å². The number of hydrogen-bond acceptors (Lipinski definition) is 8. The van der Waals surface area contributed by atoms with Crippen LogP contribution in [0.3, 0.4) is 0 Å². The summed E-state index contributed by atoms with van der Waals surface area (Å²) in [5.41, 5.74) is -0.758. The number of carbonyl (C=O) groups is 2. The highest BCUT2D eigenvalue weighted by molar-refractivity contribution is 5.94. The summed E-state index contributed by atoms with van der Waals surface area (Å²) in [5.74, 6) is -2.19. The number of phenols is 1. The van der Waals surface area contributed by atoms with Gasteiger partial charge in [0.1, 0.15) is 11.4 Å². The zero-order chi connectivity index (χ0) is 23.5. The van der Waals surface area contributed by atoms with Crippen LogP contribution < -0.4 is 0 Å². The summed E-state index contributed by atoms with van der Waals surface area (Å²) in [6, 6.07) is 6.24. The molecule has 1 saturated carbocycles. The van der Waals surface area contributed by atoms with Gasteiger partial charge in [0.25, 0.3) is 0 Å². The molecule has 0 amide bonds.